The Hall–Kier alpha value is -1.85. The van der Waals surface area contributed by atoms with E-state index in [1.54, 1.807) is 16.5 Å². The van der Waals surface area contributed by atoms with Crippen LogP contribution in [-0.2, 0) is 17.8 Å². The highest BCUT2D eigenvalue weighted by atomic mass is 16.6. The number of fused-ring (bicyclic) bond motifs is 1. The third kappa shape index (κ3) is 2.77. The lowest BCUT2D eigenvalue weighted by Crippen LogP contribution is -2.41. The Morgan fingerprint density at radius 2 is 2.05 bits per heavy atom. The van der Waals surface area contributed by atoms with Gasteiger partial charge in [0.25, 0.3) is 0 Å². The SMILES string of the molecule is Cc1nn2c(c1C=O)CN(C(=O)OC(C)(C)C)CC2. The first-order chi connectivity index (χ1) is 8.81. The van der Waals surface area contributed by atoms with Crippen LogP contribution in [0.15, 0.2) is 0 Å². The predicted molar refractivity (Wildman–Crippen MR) is 69.0 cm³/mol. The van der Waals surface area contributed by atoms with E-state index >= 15 is 0 Å². The lowest BCUT2D eigenvalue weighted by atomic mass is 10.2. The molecule has 0 aliphatic carbocycles. The molecule has 0 atom stereocenters. The Morgan fingerprint density at radius 1 is 1.37 bits per heavy atom. The van der Waals surface area contributed by atoms with Crippen LogP contribution in [-0.4, -0.2) is 39.2 Å². The smallest absolute Gasteiger partial charge is 0.410 e. The Kier molecular flexibility index (Phi) is 3.34. The zero-order valence-electron chi connectivity index (χ0n) is 11.8. The van der Waals surface area contributed by atoms with E-state index < -0.39 is 5.60 Å². The summed E-state index contributed by atoms with van der Waals surface area (Å²) in [4.78, 5) is 24.7. The molecule has 2 heterocycles. The molecular weight excluding hydrogens is 246 g/mol. The number of aldehydes is 1. The average Bonchev–Trinajstić information content (AvgIpc) is 2.60. The highest BCUT2D eigenvalue weighted by molar-refractivity contribution is 5.78. The summed E-state index contributed by atoms with van der Waals surface area (Å²) in [6, 6.07) is 0. The number of hydrogen-bond donors (Lipinski definition) is 0. The Labute approximate surface area is 112 Å². The third-order valence-corrected chi connectivity index (χ3v) is 2.97. The summed E-state index contributed by atoms with van der Waals surface area (Å²) in [5.41, 5.74) is 1.55. The highest BCUT2D eigenvalue weighted by Crippen LogP contribution is 2.20. The van der Waals surface area contributed by atoms with Gasteiger partial charge >= 0.3 is 6.09 Å². The molecule has 0 radical (unpaired) electrons. The lowest BCUT2D eigenvalue weighted by molar-refractivity contribution is 0.0193. The number of aryl methyl sites for hydroxylation is 1. The van der Waals surface area contributed by atoms with Crippen LogP contribution in [0.5, 0.6) is 0 Å². The van der Waals surface area contributed by atoms with Gasteiger partial charge in [-0.15, -0.1) is 0 Å². The molecule has 0 aromatic carbocycles. The van der Waals surface area contributed by atoms with Crippen LogP contribution in [0.3, 0.4) is 0 Å². The topological polar surface area (TPSA) is 64.4 Å². The first-order valence-electron chi connectivity index (χ1n) is 6.31. The molecule has 1 aromatic rings. The molecule has 2 rings (SSSR count). The molecule has 0 N–H and O–H groups in total. The number of amides is 1. The monoisotopic (exact) mass is 265 g/mol. The van der Waals surface area contributed by atoms with E-state index in [4.69, 9.17) is 4.74 Å². The molecule has 6 nitrogen and oxygen atoms in total. The van der Waals surface area contributed by atoms with Crippen molar-refractivity contribution >= 4 is 12.4 Å². The fourth-order valence-corrected chi connectivity index (χ4v) is 2.11. The predicted octanol–water partition coefficient (Wildman–Crippen LogP) is 1.75. The number of ether oxygens (including phenoxy) is 1. The first-order valence-corrected chi connectivity index (χ1v) is 6.31. The number of rotatable bonds is 1. The quantitative estimate of drug-likeness (QED) is 0.726. The minimum absolute atomic E-state index is 0.352. The van der Waals surface area contributed by atoms with Gasteiger partial charge in [0.15, 0.2) is 6.29 Å². The van der Waals surface area contributed by atoms with Gasteiger partial charge in [0.05, 0.1) is 30.0 Å². The normalized spacial score (nSPS) is 15.1. The number of aromatic nitrogens is 2. The summed E-state index contributed by atoms with van der Waals surface area (Å²) in [5.74, 6) is 0. The molecule has 6 heteroatoms. The lowest BCUT2D eigenvalue weighted by Gasteiger charge is -2.30. The number of hydrogen-bond acceptors (Lipinski definition) is 4. The van der Waals surface area contributed by atoms with Gasteiger partial charge in [-0.05, 0) is 27.7 Å². The summed E-state index contributed by atoms with van der Waals surface area (Å²) in [6.45, 7) is 8.79. The van der Waals surface area contributed by atoms with Gasteiger partial charge in [0, 0.05) is 6.54 Å². The molecule has 0 saturated heterocycles. The molecule has 0 fully saturated rings. The molecule has 0 saturated carbocycles. The number of carbonyl (C=O) groups is 2. The van der Waals surface area contributed by atoms with E-state index in [1.807, 2.05) is 20.8 Å². The second-order valence-electron chi connectivity index (χ2n) is 5.69. The van der Waals surface area contributed by atoms with Gasteiger partial charge in [-0.1, -0.05) is 0 Å². The molecule has 0 bridgehead atoms. The van der Waals surface area contributed by atoms with E-state index in [0.717, 1.165) is 12.0 Å². The van der Waals surface area contributed by atoms with E-state index in [2.05, 4.69) is 5.10 Å². The molecule has 1 aromatic heterocycles. The van der Waals surface area contributed by atoms with Gasteiger partial charge < -0.3 is 9.64 Å². The van der Waals surface area contributed by atoms with E-state index in [1.165, 1.54) is 0 Å². The standard InChI is InChI=1S/C13H19N3O3/c1-9-10(8-17)11-7-15(5-6-16(11)14-9)12(18)19-13(2,3)4/h8H,5-7H2,1-4H3. The number of nitrogens with zero attached hydrogens (tertiary/aromatic N) is 3. The van der Waals surface area contributed by atoms with Gasteiger partial charge in [0.2, 0.25) is 0 Å². The first kappa shape index (κ1) is 13.6. The Balaban J connectivity index is 2.17. The summed E-state index contributed by atoms with van der Waals surface area (Å²) in [6.07, 6.45) is 0.446. The van der Waals surface area contributed by atoms with Crippen LogP contribution >= 0.6 is 0 Å². The second-order valence-corrected chi connectivity index (χ2v) is 5.69. The average molecular weight is 265 g/mol. The van der Waals surface area contributed by atoms with Crippen molar-refractivity contribution in [2.45, 2.75) is 46.4 Å². The second kappa shape index (κ2) is 4.68. The van der Waals surface area contributed by atoms with Crippen LogP contribution in [0.2, 0.25) is 0 Å². The largest absolute Gasteiger partial charge is 0.444 e. The van der Waals surface area contributed by atoms with Gasteiger partial charge in [0.1, 0.15) is 5.60 Å². The van der Waals surface area contributed by atoms with Gasteiger partial charge in [-0.2, -0.15) is 5.10 Å². The minimum atomic E-state index is -0.516. The summed E-state index contributed by atoms with van der Waals surface area (Å²) >= 11 is 0. The van der Waals surface area contributed by atoms with Crippen molar-refractivity contribution in [1.29, 1.82) is 0 Å². The van der Waals surface area contributed by atoms with Crippen molar-refractivity contribution in [1.82, 2.24) is 14.7 Å². The fourth-order valence-electron chi connectivity index (χ4n) is 2.11. The van der Waals surface area contributed by atoms with Crippen LogP contribution in [0.25, 0.3) is 0 Å². The van der Waals surface area contributed by atoms with E-state index in [9.17, 15) is 9.59 Å². The molecular formula is C13H19N3O3. The molecule has 1 aliphatic rings. The van der Waals surface area contributed by atoms with Crippen LogP contribution in [0.4, 0.5) is 4.79 Å². The molecule has 1 aliphatic heterocycles. The van der Waals surface area contributed by atoms with Crippen molar-refractivity contribution < 1.29 is 14.3 Å². The zero-order valence-corrected chi connectivity index (χ0v) is 11.8. The van der Waals surface area contributed by atoms with Crippen LogP contribution in [0.1, 0.15) is 42.5 Å². The molecule has 19 heavy (non-hydrogen) atoms. The minimum Gasteiger partial charge on any atom is -0.444 e. The van der Waals surface area contributed by atoms with E-state index in [0.29, 0.717) is 30.9 Å². The van der Waals surface area contributed by atoms with Crippen molar-refractivity contribution in [3.8, 4) is 0 Å². The maximum atomic E-state index is 12.0. The van der Waals surface area contributed by atoms with Crippen molar-refractivity contribution in [2.75, 3.05) is 6.54 Å². The molecule has 0 spiro atoms. The van der Waals surface area contributed by atoms with Crippen molar-refractivity contribution in [2.24, 2.45) is 0 Å². The van der Waals surface area contributed by atoms with Crippen molar-refractivity contribution in [3.05, 3.63) is 17.0 Å². The zero-order chi connectivity index (χ0) is 14.2. The molecule has 0 unspecified atom stereocenters. The fraction of sp³-hybridized carbons (Fsp3) is 0.615. The highest BCUT2D eigenvalue weighted by Gasteiger charge is 2.28. The van der Waals surface area contributed by atoms with Crippen LogP contribution < -0.4 is 0 Å². The van der Waals surface area contributed by atoms with Gasteiger partial charge in [-0.25, -0.2) is 4.79 Å². The molecule has 1 amide bonds. The molecule has 104 valence electrons. The third-order valence-electron chi connectivity index (χ3n) is 2.97. The maximum absolute atomic E-state index is 12.0. The summed E-state index contributed by atoms with van der Waals surface area (Å²) in [5, 5.41) is 4.30. The Bertz CT molecular complexity index is 514. The van der Waals surface area contributed by atoms with Crippen LogP contribution in [0, 0.1) is 6.92 Å². The van der Waals surface area contributed by atoms with E-state index in [-0.39, 0.29) is 6.09 Å². The summed E-state index contributed by atoms with van der Waals surface area (Å²) in [7, 11) is 0. The number of carbonyl (C=O) groups excluding carboxylic acids is 2. The Morgan fingerprint density at radius 3 is 2.63 bits per heavy atom. The maximum Gasteiger partial charge on any atom is 0.410 e. The van der Waals surface area contributed by atoms with Crippen molar-refractivity contribution in [3.63, 3.8) is 0 Å². The van der Waals surface area contributed by atoms with Gasteiger partial charge in [-0.3, -0.25) is 9.48 Å². The summed E-state index contributed by atoms with van der Waals surface area (Å²) < 4.78 is 7.13.